The summed E-state index contributed by atoms with van der Waals surface area (Å²) in [6.45, 7) is 0.907. The smallest absolute Gasteiger partial charge is 0.218 e. The lowest BCUT2D eigenvalue weighted by atomic mass is 10.1. The normalized spacial score (nSPS) is 10.4. The van der Waals surface area contributed by atoms with Crippen molar-refractivity contribution in [3.05, 3.63) is 64.9 Å². The Morgan fingerprint density at radius 3 is 2.75 bits per heavy atom. The highest BCUT2D eigenvalue weighted by atomic mass is 35.5. The van der Waals surface area contributed by atoms with E-state index in [4.69, 9.17) is 21.1 Å². The van der Waals surface area contributed by atoms with Gasteiger partial charge in [-0.05, 0) is 11.6 Å². The lowest BCUT2D eigenvalue weighted by molar-refractivity contribution is 0.281. The Morgan fingerprint density at radius 2 is 2.04 bits per heavy atom. The summed E-state index contributed by atoms with van der Waals surface area (Å²) in [6, 6.07) is 13.5. The fraction of sp³-hybridized carbons (Fsp3) is 0.176. The van der Waals surface area contributed by atoms with Crippen LogP contribution in [-0.2, 0) is 13.2 Å². The SMILES string of the molecule is COc1cc(Cl)cc(CNc2ncn[nH]2)c1OCc1ccccc1. The first-order chi connectivity index (χ1) is 11.8. The van der Waals surface area contributed by atoms with Gasteiger partial charge in [0.15, 0.2) is 11.5 Å². The van der Waals surface area contributed by atoms with Crippen molar-refractivity contribution in [2.75, 3.05) is 12.4 Å². The third-order valence-electron chi connectivity index (χ3n) is 3.40. The number of aromatic amines is 1. The van der Waals surface area contributed by atoms with E-state index in [1.807, 2.05) is 36.4 Å². The van der Waals surface area contributed by atoms with Gasteiger partial charge in [0.1, 0.15) is 12.9 Å². The Labute approximate surface area is 144 Å². The summed E-state index contributed by atoms with van der Waals surface area (Å²) in [5, 5.41) is 10.3. The number of nitrogens with one attached hydrogen (secondary N) is 2. The molecule has 0 bridgehead atoms. The average Bonchev–Trinajstić information content (AvgIpc) is 3.13. The molecule has 7 heteroatoms. The predicted octanol–water partition coefficient (Wildman–Crippen LogP) is 3.66. The van der Waals surface area contributed by atoms with Crippen molar-refractivity contribution in [1.29, 1.82) is 0 Å². The number of hydrogen-bond acceptors (Lipinski definition) is 5. The maximum Gasteiger partial charge on any atom is 0.218 e. The van der Waals surface area contributed by atoms with Crippen molar-refractivity contribution in [1.82, 2.24) is 15.2 Å². The van der Waals surface area contributed by atoms with E-state index in [0.717, 1.165) is 11.1 Å². The molecule has 3 aromatic rings. The molecule has 0 radical (unpaired) electrons. The fourth-order valence-corrected chi connectivity index (χ4v) is 2.50. The Bertz CT molecular complexity index is 779. The number of H-pyrrole nitrogens is 1. The van der Waals surface area contributed by atoms with Crippen LogP contribution < -0.4 is 14.8 Å². The van der Waals surface area contributed by atoms with Crippen LogP contribution in [0.2, 0.25) is 5.02 Å². The maximum atomic E-state index is 6.18. The Balaban J connectivity index is 1.81. The van der Waals surface area contributed by atoms with E-state index < -0.39 is 0 Å². The second-order valence-corrected chi connectivity index (χ2v) is 5.49. The molecule has 1 aromatic heterocycles. The van der Waals surface area contributed by atoms with Gasteiger partial charge >= 0.3 is 0 Å². The monoisotopic (exact) mass is 344 g/mol. The second kappa shape index (κ2) is 7.70. The first-order valence-electron chi connectivity index (χ1n) is 7.38. The van der Waals surface area contributed by atoms with Crippen LogP contribution >= 0.6 is 11.6 Å². The minimum absolute atomic E-state index is 0.439. The van der Waals surface area contributed by atoms with Gasteiger partial charge in [-0.15, -0.1) is 0 Å². The number of halogens is 1. The highest BCUT2D eigenvalue weighted by Crippen LogP contribution is 2.35. The summed E-state index contributed by atoms with van der Waals surface area (Å²) in [5.74, 6) is 1.81. The topological polar surface area (TPSA) is 72.1 Å². The second-order valence-electron chi connectivity index (χ2n) is 5.06. The molecule has 124 valence electrons. The number of nitrogens with zero attached hydrogens (tertiary/aromatic N) is 2. The molecule has 0 fully saturated rings. The lowest BCUT2D eigenvalue weighted by Gasteiger charge is -2.16. The van der Waals surface area contributed by atoms with E-state index in [9.17, 15) is 0 Å². The zero-order chi connectivity index (χ0) is 16.8. The number of anilines is 1. The molecule has 0 aliphatic carbocycles. The number of aromatic nitrogens is 3. The lowest BCUT2D eigenvalue weighted by Crippen LogP contribution is -2.06. The number of benzene rings is 2. The third kappa shape index (κ3) is 3.97. The van der Waals surface area contributed by atoms with Crippen LogP contribution in [-0.4, -0.2) is 22.3 Å². The molecule has 24 heavy (non-hydrogen) atoms. The van der Waals surface area contributed by atoms with E-state index >= 15 is 0 Å². The largest absolute Gasteiger partial charge is 0.493 e. The zero-order valence-electron chi connectivity index (χ0n) is 13.1. The summed E-state index contributed by atoms with van der Waals surface area (Å²) in [4.78, 5) is 4.04. The van der Waals surface area contributed by atoms with Gasteiger partial charge in [-0.3, -0.25) is 0 Å². The molecule has 0 spiro atoms. The third-order valence-corrected chi connectivity index (χ3v) is 3.62. The van der Waals surface area contributed by atoms with Crippen LogP contribution in [0.25, 0.3) is 0 Å². The number of hydrogen-bond donors (Lipinski definition) is 2. The van der Waals surface area contributed by atoms with E-state index in [1.54, 1.807) is 13.2 Å². The van der Waals surface area contributed by atoms with Crippen molar-refractivity contribution in [2.24, 2.45) is 0 Å². The molecule has 0 aliphatic rings. The van der Waals surface area contributed by atoms with E-state index in [0.29, 0.717) is 35.6 Å². The van der Waals surface area contributed by atoms with Crippen molar-refractivity contribution in [3.8, 4) is 11.5 Å². The Hall–Kier alpha value is -2.73. The standard InChI is InChI=1S/C17H17ClN4O2/c1-23-15-8-14(18)7-13(9-19-17-20-11-21-22-17)16(15)24-10-12-5-3-2-4-6-12/h2-8,11H,9-10H2,1H3,(H2,19,20,21,22). The van der Waals surface area contributed by atoms with E-state index in [2.05, 4.69) is 20.5 Å². The molecule has 2 aromatic carbocycles. The summed E-state index contributed by atoms with van der Waals surface area (Å²) >= 11 is 6.18. The first kappa shape index (κ1) is 16.1. The molecule has 2 N–H and O–H groups in total. The summed E-state index contributed by atoms with van der Waals surface area (Å²) < 4.78 is 11.4. The van der Waals surface area contributed by atoms with Crippen LogP contribution in [0.4, 0.5) is 5.95 Å². The molecule has 0 aliphatic heterocycles. The van der Waals surface area contributed by atoms with Crippen molar-refractivity contribution in [2.45, 2.75) is 13.2 Å². The van der Waals surface area contributed by atoms with Crippen molar-refractivity contribution < 1.29 is 9.47 Å². The number of rotatable bonds is 7. The molecular weight excluding hydrogens is 328 g/mol. The van der Waals surface area contributed by atoms with Gasteiger partial charge in [-0.25, -0.2) is 10.1 Å². The van der Waals surface area contributed by atoms with Gasteiger partial charge < -0.3 is 14.8 Å². The van der Waals surface area contributed by atoms with Gasteiger partial charge in [0, 0.05) is 23.2 Å². The molecule has 0 atom stereocenters. The molecule has 0 saturated heterocycles. The van der Waals surface area contributed by atoms with Gasteiger partial charge in [0.05, 0.1) is 7.11 Å². The maximum absolute atomic E-state index is 6.18. The van der Waals surface area contributed by atoms with Crippen LogP contribution in [0.15, 0.2) is 48.8 Å². The molecule has 3 rings (SSSR count). The van der Waals surface area contributed by atoms with Gasteiger partial charge in [0.2, 0.25) is 5.95 Å². The molecule has 0 amide bonds. The van der Waals surface area contributed by atoms with Crippen LogP contribution in [0.5, 0.6) is 11.5 Å². The van der Waals surface area contributed by atoms with E-state index in [-0.39, 0.29) is 0 Å². The van der Waals surface area contributed by atoms with Crippen LogP contribution in [0, 0.1) is 0 Å². The van der Waals surface area contributed by atoms with Crippen molar-refractivity contribution in [3.63, 3.8) is 0 Å². The molecular formula is C17H17ClN4O2. The highest BCUT2D eigenvalue weighted by Gasteiger charge is 2.13. The summed E-state index contributed by atoms with van der Waals surface area (Å²) in [5.41, 5.74) is 1.94. The summed E-state index contributed by atoms with van der Waals surface area (Å²) in [6.07, 6.45) is 1.44. The minimum atomic E-state index is 0.439. The van der Waals surface area contributed by atoms with Gasteiger partial charge in [0.25, 0.3) is 0 Å². The fourth-order valence-electron chi connectivity index (χ4n) is 2.27. The average molecular weight is 345 g/mol. The Kier molecular flexibility index (Phi) is 5.18. The van der Waals surface area contributed by atoms with Gasteiger partial charge in [-0.2, -0.15) is 5.10 Å². The number of methoxy groups -OCH3 is 1. The van der Waals surface area contributed by atoms with Gasteiger partial charge in [-0.1, -0.05) is 41.9 Å². The summed E-state index contributed by atoms with van der Waals surface area (Å²) in [7, 11) is 1.59. The van der Waals surface area contributed by atoms with Crippen LogP contribution in [0.1, 0.15) is 11.1 Å². The predicted molar refractivity (Wildman–Crippen MR) is 92.5 cm³/mol. The van der Waals surface area contributed by atoms with E-state index in [1.165, 1.54) is 6.33 Å². The molecule has 6 nitrogen and oxygen atoms in total. The first-order valence-corrected chi connectivity index (χ1v) is 7.76. The quantitative estimate of drug-likeness (QED) is 0.684. The molecule has 0 unspecified atom stereocenters. The minimum Gasteiger partial charge on any atom is -0.493 e. The Morgan fingerprint density at radius 1 is 1.21 bits per heavy atom. The highest BCUT2D eigenvalue weighted by molar-refractivity contribution is 6.30. The molecule has 1 heterocycles. The van der Waals surface area contributed by atoms with Crippen molar-refractivity contribution >= 4 is 17.5 Å². The molecule has 0 saturated carbocycles. The van der Waals surface area contributed by atoms with Crippen LogP contribution in [0.3, 0.4) is 0 Å². The number of ether oxygens (including phenoxy) is 2. The zero-order valence-corrected chi connectivity index (χ0v) is 13.9.